The Balaban J connectivity index is 2.29. The molecule has 26 heavy (non-hydrogen) atoms. The average molecular weight is 349 g/mol. The summed E-state index contributed by atoms with van der Waals surface area (Å²) in [5.41, 5.74) is 5.28. The van der Waals surface area contributed by atoms with E-state index in [0.29, 0.717) is 17.6 Å². The summed E-state index contributed by atoms with van der Waals surface area (Å²) >= 11 is 0. The largest absolute Gasteiger partial charge is 0.465 e. The molecule has 134 valence electrons. The van der Waals surface area contributed by atoms with Gasteiger partial charge in [-0.3, -0.25) is 9.59 Å². The molecule has 0 N–H and O–H groups in total. The molecule has 4 nitrogen and oxygen atoms in total. The van der Waals surface area contributed by atoms with Crippen molar-refractivity contribution in [3.05, 3.63) is 69.5 Å². The SMILES string of the molecule is CCOC(=O)Cn1cc(-c2ccc(C)cc2)c(=O)c2c(C)cc(C)cc21. The molecular formula is C22H23NO3. The van der Waals surface area contributed by atoms with Crippen LogP contribution < -0.4 is 5.43 Å². The minimum Gasteiger partial charge on any atom is -0.465 e. The molecule has 3 aromatic rings. The van der Waals surface area contributed by atoms with Gasteiger partial charge in [-0.15, -0.1) is 0 Å². The standard InChI is InChI=1S/C22H23NO3/c1-5-26-20(24)13-23-12-18(17-8-6-14(2)7-9-17)22(25)21-16(4)10-15(3)11-19(21)23/h6-12H,5,13H2,1-4H3. The molecule has 0 amide bonds. The van der Waals surface area contributed by atoms with E-state index < -0.39 is 0 Å². The van der Waals surface area contributed by atoms with Gasteiger partial charge in [0.05, 0.1) is 12.1 Å². The van der Waals surface area contributed by atoms with E-state index in [4.69, 9.17) is 4.74 Å². The van der Waals surface area contributed by atoms with Gasteiger partial charge in [0, 0.05) is 17.1 Å². The molecule has 2 aromatic carbocycles. The third kappa shape index (κ3) is 3.40. The van der Waals surface area contributed by atoms with Crippen LogP contribution in [0, 0.1) is 20.8 Å². The quantitative estimate of drug-likeness (QED) is 0.665. The highest BCUT2D eigenvalue weighted by atomic mass is 16.5. The van der Waals surface area contributed by atoms with Crippen molar-refractivity contribution in [1.82, 2.24) is 4.57 Å². The number of carbonyl (C=O) groups excluding carboxylic acids is 1. The van der Waals surface area contributed by atoms with Gasteiger partial charge in [0.1, 0.15) is 6.54 Å². The number of fused-ring (bicyclic) bond motifs is 1. The number of pyridine rings is 1. The average Bonchev–Trinajstić information content (AvgIpc) is 2.58. The van der Waals surface area contributed by atoms with Crippen LogP contribution in [0.3, 0.4) is 0 Å². The third-order valence-corrected chi connectivity index (χ3v) is 4.49. The number of aromatic nitrogens is 1. The Morgan fingerprint density at radius 3 is 2.38 bits per heavy atom. The molecule has 0 saturated carbocycles. The second-order valence-corrected chi connectivity index (χ2v) is 6.65. The molecule has 3 rings (SSSR count). The van der Waals surface area contributed by atoms with Crippen molar-refractivity contribution in [3.63, 3.8) is 0 Å². The van der Waals surface area contributed by atoms with Crippen molar-refractivity contribution in [2.45, 2.75) is 34.2 Å². The van der Waals surface area contributed by atoms with Gasteiger partial charge in [0.15, 0.2) is 5.43 Å². The summed E-state index contributed by atoms with van der Waals surface area (Å²) in [6.45, 7) is 8.12. The molecule has 0 spiro atoms. The first-order chi connectivity index (χ1) is 12.4. The second kappa shape index (κ2) is 7.16. The zero-order chi connectivity index (χ0) is 18.8. The van der Waals surface area contributed by atoms with Gasteiger partial charge in [0.25, 0.3) is 0 Å². The molecule has 1 heterocycles. The summed E-state index contributed by atoms with van der Waals surface area (Å²) in [5.74, 6) is -0.313. The maximum Gasteiger partial charge on any atom is 0.325 e. The smallest absolute Gasteiger partial charge is 0.325 e. The first-order valence-electron chi connectivity index (χ1n) is 8.77. The van der Waals surface area contributed by atoms with Gasteiger partial charge < -0.3 is 9.30 Å². The van der Waals surface area contributed by atoms with Crippen LogP contribution in [0.2, 0.25) is 0 Å². The Labute approximate surface area is 153 Å². The molecule has 0 bridgehead atoms. The fourth-order valence-electron chi connectivity index (χ4n) is 3.30. The molecule has 0 radical (unpaired) electrons. The Bertz CT molecular complexity index is 1030. The molecule has 0 unspecified atom stereocenters. The van der Waals surface area contributed by atoms with Crippen molar-refractivity contribution in [2.75, 3.05) is 6.61 Å². The van der Waals surface area contributed by atoms with Crippen molar-refractivity contribution in [2.24, 2.45) is 0 Å². The van der Waals surface area contributed by atoms with E-state index >= 15 is 0 Å². The van der Waals surface area contributed by atoms with Crippen LogP contribution >= 0.6 is 0 Å². The Morgan fingerprint density at radius 2 is 1.73 bits per heavy atom. The molecule has 4 heteroatoms. The van der Waals surface area contributed by atoms with Gasteiger partial charge in [0.2, 0.25) is 0 Å². The highest BCUT2D eigenvalue weighted by Gasteiger charge is 2.15. The highest BCUT2D eigenvalue weighted by molar-refractivity contribution is 5.88. The summed E-state index contributed by atoms with van der Waals surface area (Å²) in [4.78, 5) is 25.3. The maximum absolute atomic E-state index is 13.2. The lowest BCUT2D eigenvalue weighted by Crippen LogP contribution is -2.18. The first-order valence-corrected chi connectivity index (χ1v) is 8.77. The van der Waals surface area contributed by atoms with Crippen LogP contribution in [0.15, 0.2) is 47.4 Å². The predicted octanol–water partition coefficient (Wildman–Crippen LogP) is 4.16. The zero-order valence-electron chi connectivity index (χ0n) is 15.6. The molecule has 0 aliphatic rings. The number of benzene rings is 2. The summed E-state index contributed by atoms with van der Waals surface area (Å²) in [6.07, 6.45) is 1.77. The van der Waals surface area contributed by atoms with Crippen LogP contribution in [-0.2, 0) is 16.1 Å². The van der Waals surface area contributed by atoms with Gasteiger partial charge in [-0.1, -0.05) is 35.9 Å². The first kappa shape index (κ1) is 17.9. The number of hydrogen-bond donors (Lipinski definition) is 0. The van der Waals surface area contributed by atoms with Crippen LogP contribution in [0.5, 0.6) is 0 Å². The zero-order valence-corrected chi connectivity index (χ0v) is 15.6. The van der Waals surface area contributed by atoms with Crippen LogP contribution in [0.4, 0.5) is 0 Å². The number of aryl methyl sites for hydroxylation is 3. The lowest BCUT2D eigenvalue weighted by molar-refractivity contribution is -0.143. The fraction of sp³-hybridized carbons (Fsp3) is 0.273. The summed E-state index contributed by atoms with van der Waals surface area (Å²) in [7, 11) is 0. The number of rotatable bonds is 4. The normalized spacial score (nSPS) is 10.9. The number of ether oxygens (including phenoxy) is 1. The van der Waals surface area contributed by atoms with E-state index in [1.165, 1.54) is 0 Å². The van der Waals surface area contributed by atoms with E-state index in [1.54, 1.807) is 13.1 Å². The fourth-order valence-corrected chi connectivity index (χ4v) is 3.30. The lowest BCUT2D eigenvalue weighted by Gasteiger charge is -2.15. The van der Waals surface area contributed by atoms with Crippen molar-refractivity contribution < 1.29 is 9.53 Å². The third-order valence-electron chi connectivity index (χ3n) is 4.49. The summed E-state index contributed by atoms with van der Waals surface area (Å²) < 4.78 is 6.93. The van der Waals surface area contributed by atoms with Gasteiger partial charge in [-0.05, 0) is 50.5 Å². The lowest BCUT2D eigenvalue weighted by atomic mass is 9.99. The molecule has 0 fully saturated rings. The topological polar surface area (TPSA) is 48.3 Å². The second-order valence-electron chi connectivity index (χ2n) is 6.65. The van der Waals surface area contributed by atoms with Crippen molar-refractivity contribution in [1.29, 1.82) is 0 Å². The maximum atomic E-state index is 13.2. The molecule has 0 aliphatic heterocycles. The van der Waals surface area contributed by atoms with Crippen molar-refractivity contribution >= 4 is 16.9 Å². The van der Waals surface area contributed by atoms with E-state index in [-0.39, 0.29) is 17.9 Å². The number of nitrogens with zero attached hydrogens (tertiary/aromatic N) is 1. The van der Waals surface area contributed by atoms with Crippen LogP contribution in [0.25, 0.3) is 22.0 Å². The van der Waals surface area contributed by atoms with E-state index in [2.05, 4.69) is 0 Å². The number of hydrogen-bond acceptors (Lipinski definition) is 3. The van der Waals surface area contributed by atoms with Gasteiger partial charge in [-0.25, -0.2) is 0 Å². The van der Waals surface area contributed by atoms with E-state index in [9.17, 15) is 9.59 Å². The molecular weight excluding hydrogens is 326 g/mol. The Morgan fingerprint density at radius 1 is 1.04 bits per heavy atom. The summed E-state index contributed by atoms with van der Waals surface area (Å²) in [6, 6.07) is 11.8. The highest BCUT2D eigenvalue weighted by Crippen LogP contribution is 2.24. The van der Waals surface area contributed by atoms with E-state index in [0.717, 1.165) is 27.8 Å². The van der Waals surface area contributed by atoms with E-state index in [1.807, 2.05) is 61.7 Å². The summed E-state index contributed by atoms with van der Waals surface area (Å²) in [5, 5.41) is 0.651. The molecule has 0 saturated heterocycles. The molecule has 0 atom stereocenters. The Kier molecular flexibility index (Phi) is 4.94. The minimum absolute atomic E-state index is 0.0125. The van der Waals surface area contributed by atoms with Gasteiger partial charge >= 0.3 is 5.97 Å². The molecule has 1 aromatic heterocycles. The van der Waals surface area contributed by atoms with Gasteiger partial charge in [-0.2, -0.15) is 0 Å². The molecule has 0 aliphatic carbocycles. The predicted molar refractivity (Wildman–Crippen MR) is 104 cm³/mol. The Hall–Kier alpha value is -2.88. The number of carbonyl (C=O) groups is 1. The van der Waals surface area contributed by atoms with Crippen molar-refractivity contribution in [3.8, 4) is 11.1 Å². The minimum atomic E-state index is -0.313. The van der Waals surface area contributed by atoms with Crippen LogP contribution in [0.1, 0.15) is 23.6 Å². The van der Waals surface area contributed by atoms with Crippen LogP contribution in [-0.4, -0.2) is 17.1 Å². The monoisotopic (exact) mass is 349 g/mol. The number of esters is 1.